The highest BCUT2D eigenvalue weighted by Crippen LogP contribution is 2.32. The minimum absolute atomic E-state index is 0.166. The number of amides is 1. The van der Waals surface area contributed by atoms with Gasteiger partial charge in [-0.2, -0.15) is 13.2 Å². The van der Waals surface area contributed by atoms with E-state index >= 15 is 0 Å². The number of halogens is 3. The Morgan fingerprint density at radius 1 is 1.00 bits per heavy atom. The van der Waals surface area contributed by atoms with Gasteiger partial charge in [0.2, 0.25) is 5.91 Å². The van der Waals surface area contributed by atoms with Gasteiger partial charge in [-0.05, 0) is 36.2 Å². The van der Waals surface area contributed by atoms with Gasteiger partial charge in [-0.15, -0.1) is 0 Å². The lowest BCUT2D eigenvalue weighted by Crippen LogP contribution is -2.16. The number of anilines is 1. The highest BCUT2D eigenvalue weighted by Gasteiger charge is 2.29. The molecule has 0 aliphatic carbocycles. The standard InChI is InChI=1S/C18H16F3NO3/c19-18(20,21)13-4-1-12(2-5-13)3-8-17(23)22-14-6-7-15-16(11-14)25-10-9-24-15/h1-2,4-7,11H,3,8-10H2,(H,22,23). The van der Waals surface area contributed by atoms with E-state index in [4.69, 9.17) is 9.47 Å². The number of benzene rings is 2. The van der Waals surface area contributed by atoms with E-state index in [0.717, 1.165) is 12.1 Å². The molecular formula is C18H16F3NO3. The first kappa shape index (κ1) is 17.1. The van der Waals surface area contributed by atoms with E-state index in [-0.39, 0.29) is 12.3 Å². The Hall–Kier alpha value is -2.70. The number of fused-ring (bicyclic) bond motifs is 1. The van der Waals surface area contributed by atoms with Crippen LogP contribution in [0, 0.1) is 0 Å². The molecule has 1 heterocycles. The summed E-state index contributed by atoms with van der Waals surface area (Å²) in [5.74, 6) is 0.984. The Morgan fingerprint density at radius 2 is 1.68 bits per heavy atom. The summed E-state index contributed by atoms with van der Waals surface area (Å²) in [6.45, 7) is 0.949. The average Bonchev–Trinajstić information content (AvgIpc) is 2.59. The smallest absolute Gasteiger partial charge is 0.416 e. The van der Waals surface area contributed by atoms with Crippen molar-refractivity contribution in [2.24, 2.45) is 0 Å². The third kappa shape index (κ3) is 4.43. The van der Waals surface area contributed by atoms with Crippen LogP contribution in [0.4, 0.5) is 18.9 Å². The molecule has 0 fully saturated rings. The Kier molecular flexibility index (Phi) is 4.83. The zero-order valence-corrected chi connectivity index (χ0v) is 13.2. The van der Waals surface area contributed by atoms with Crippen molar-refractivity contribution in [3.05, 3.63) is 53.6 Å². The number of rotatable bonds is 4. The first-order valence-electron chi connectivity index (χ1n) is 7.77. The lowest BCUT2D eigenvalue weighted by Gasteiger charge is -2.19. The van der Waals surface area contributed by atoms with E-state index in [1.807, 2.05) is 0 Å². The zero-order valence-electron chi connectivity index (χ0n) is 13.2. The van der Waals surface area contributed by atoms with Gasteiger partial charge in [0.15, 0.2) is 11.5 Å². The summed E-state index contributed by atoms with van der Waals surface area (Å²) < 4.78 is 48.4. The summed E-state index contributed by atoms with van der Waals surface area (Å²) in [6.07, 6.45) is -3.83. The van der Waals surface area contributed by atoms with Gasteiger partial charge in [0, 0.05) is 18.2 Å². The summed E-state index contributed by atoms with van der Waals surface area (Å²) in [5, 5.41) is 2.74. The van der Waals surface area contributed by atoms with Gasteiger partial charge in [0.05, 0.1) is 5.56 Å². The molecule has 4 nitrogen and oxygen atoms in total. The first-order valence-corrected chi connectivity index (χ1v) is 7.77. The molecule has 1 amide bonds. The van der Waals surface area contributed by atoms with Crippen molar-refractivity contribution >= 4 is 11.6 Å². The second-order valence-corrected chi connectivity index (χ2v) is 5.60. The molecule has 0 saturated carbocycles. The van der Waals surface area contributed by atoms with Crippen LogP contribution in [0.2, 0.25) is 0 Å². The van der Waals surface area contributed by atoms with Crippen LogP contribution in [0.15, 0.2) is 42.5 Å². The molecular weight excluding hydrogens is 335 g/mol. The quantitative estimate of drug-likeness (QED) is 0.904. The van der Waals surface area contributed by atoms with Crippen molar-refractivity contribution in [1.82, 2.24) is 0 Å². The van der Waals surface area contributed by atoms with E-state index in [1.165, 1.54) is 12.1 Å². The molecule has 3 rings (SSSR count). The molecule has 1 aliphatic heterocycles. The van der Waals surface area contributed by atoms with Crippen LogP contribution >= 0.6 is 0 Å². The van der Waals surface area contributed by atoms with Gasteiger partial charge in [-0.3, -0.25) is 4.79 Å². The highest BCUT2D eigenvalue weighted by atomic mass is 19.4. The van der Waals surface area contributed by atoms with Gasteiger partial charge in [-0.25, -0.2) is 0 Å². The Bertz CT molecular complexity index is 757. The largest absolute Gasteiger partial charge is 0.486 e. The third-order valence-electron chi connectivity index (χ3n) is 3.75. The van der Waals surface area contributed by atoms with Crippen molar-refractivity contribution in [3.63, 3.8) is 0 Å². The van der Waals surface area contributed by atoms with Gasteiger partial charge < -0.3 is 14.8 Å². The molecule has 2 aromatic rings. The lowest BCUT2D eigenvalue weighted by molar-refractivity contribution is -0.137. The van der Waals surface area contributed by atoms with Crippen molar-refractivity contribution < 1.29 is 27.4 Å². The fourth-order valence-electron chi connectivity index (χ4n) is 2.46. The van der Waals surface area contributed by atoms with E-state index < -0.39 is 11.7 Å². The van der Waals surface area contributed by atoms with E-state index in [0.29, 0.717) is 42.4 Å². The SMILES string of the molecule is O=C(CCc1ccc(C(F)(F)F)cc1)Nc1ccc2c(c1)OCCO2. The summed E-state index contributed by atoms with van der Waals surface area (Å²) in [4.78, 5) is 12.0. The number of carbonyl (C=O) groups is 1. The zero-order chi connectivity index (χ0) is 17.9. The lowest BCUT2D eigenvalue weighted by atomic mass is 10.1. The number of nitrogens with one attached hydrogen (secondary N) is 1. The predicted octanol–water partition coefficient (Wildman–Crippen LogP) is 4.05. The number of aryl methyl sites for hydroxylation is 1. The van der Waals surface area contributed by atoms with Crippen LogP contribution in [0.25, 0.3) is 0 Å². The number of hydrogen-bond acceptors (Lipinski definition) is 3. The molecule has 0 atom stereocenters. The summed E-state index contributed by atoms with van der Waals surface area (Å²) in [5.41, 5.74) is 0.559. The third-order valence-corrected chi connectivity index (χ3v) is 3.75. The van der Waals surface area contributed by atoms with E-state index in [2.05, 4.69) is 5.32 Å². The minimum Gasteiger partial charge on any atom is -0.486 e. The highest BCUT2D eigenvalue weighted by molar-refractivity contribution is 5.91. The van der Waals surface area contributed by atoms with Crippen LogP contribution in [-0.4, -0.2) is 19.1 Å². The average molecular weight is 351 g/mol. The van der Waals surface area contributed by atoms with Crippen molar-refractivity contribution in [2.45, 2.75) is 19.0 Å². The van der Waals surface area contributed by atoms with Crippen molar-refractivity contribution in [2.75, 3.05) is 18.5 Å². The maximum absolute atomic E-state index is 12.5. The van der Waals surface area contributed by atoms with Crippen molar-refractivity contribution in [3.8, 4) is 11.5 Å². The molecule has 0 aromatic heterocycles. The van der Waals surface area contributed by atoms with Gasteiger partial charge in [-0.1, -0.05) is 12.1 Å². The fraction of sp³-hybridized carbons (Fsp3) is 0.278. The number of carbonyl (C=O) groups excluding carboxylic acids is 1. The predicted molar refractivity (Wildman–Crippen MR) is 85.8 cm³/mol. The topological polar surface area (TPSA) is 47.6 Å². The molecule has 2 aromatic carbocycles. The van der Waals surface area contributed by atoms with Crippen LogP contribution in [0.1, 0.15) is 17.5 Å². The normalized spacial score (nSPS) is 13.4. The summed E-state index contributed by atoms with van der Waals surface area (Å²) >= 11 is 0. The van der Waals surface area contributed by atoms with Gasteiger partial charge in [0.25, 0.3) is 0 Å². The minimum atomic E-state index is -4.35. The maximum Gasteiger partial charge on any atom is 0.416 e. The van der Waals surface area contributed by atoms with Crippen LogP contribution in [-0.2, 0) is 17.4 Å². The monoisotopic (exact) mass is 351 g/mol. The second-order valence-electron chi connectivity index (χ2n) is 5.60. The van der Waals surface area contributed by atoms with Gasteiger partial charge in [0.1, 0.15) is 13.2 Å². The molecule has 0 spiro atoms. The summed E-state index contributed by atoms with van der Waals surface area (Å²) in [6, 6.07) is 9.94. The molecule has 0 unspecified atom stereocenters. The number of ether oxygens (including phenoxy) is 2. The molecule has 0 radical (unpaired) electrons. The van der Waals surface area contributed by atoms with Gasteiger partial charge >= 0.3 is 6.18 Å². The first-order chi connectivity index (χ1) is 11.9. The molecule has 132 valence electrons. The number of alkyl halides is 3. The van der Waals surface area contributed by atoms with Crippen molar-refractivity contribution in [1.29, 1.82) is 0 Å². The molecule has 7 heteroatoms. The maximum atomic E-state index is 12.5. The fourth-order valence-corrected chi connectivity index (χ4v) is 2.46. The Labute approximate surface area is 142 Å². The van der Waals surface area contributed by atoms with E-state index in [9.17, 15) is 18.0 Å². The molecule has 25 heavy (non-hydrogen) atoms. The second kappa shape index (κ2) is 7.04. The van der Waals surface area contributed by atoms with Crippen LogP contribution in [0.3, 0.4) is 0 Å². The molecule has 0 bridgehead atoms. The molecule has 1 N–H and O–H groups in total. The number of hydrogen-bond donors (Lipinski definition) is 1. The Morgan fingerprint density at radius 3 is 2.36 bits per heavy atom. The van der Waals surface area contributed by atoms with Crippen LogP contribution in [0.5, 0.6) is 11.5 Å². The van der Waals surface area contributed by atoms with Crippen LogP contribution < -0.4 is 14.8 Å². The summed E-state index contributed by atoms with van der Waals surface area (Å²) in [7, 11) is 0. The van der Waals surface area contributed by atoms with E-state index in [1.54, 1.807) is 18.2 Å². The Balaban J connectivity index is 1.54. The molecule has 1 aliphatic rings. The molecule has 0 saturated heterocycles.